The van der Waals surface area contributed by atoms with Crippen molar-refractivity contribution in [2.75, 3.05) is 0 Å². The van der Waals surface area contributed by atoms with Gasteiger partial charge in [-0.3, -0.25) is 4.98 Å². The van der Waals surface area contributed by atoms with E-state index in [1.807, 2.05) is 6.92 Å². The van der Waals surface area contributed by atoms with Crippen LogP contribution in [0.15, 0.2) is 18.5 Å². The lowest BCUT2D eigenvalue weighted by molar-refractivity contribution is 0.616. The van der Waals surface area contributed by atoms with Crippen molar-refractivity contribution in [2.45, 2.75) is 19.3 Å². The lowest BCUT2D eigenvalue weighted by Gasteiger charge is -2.07. The fourth-order valence-electron chi connectivity index (χ4n) is 1.08. The number of pyridine rings is 1. The normalized spacial score (nSPS) is 10.7. The number of aromatic nitrogens is 1. The minimum absolute atomic E-state index is 0. The highest BCUT2D eigenvalue weighted by atomic mass is 35.5. The molecule has 0 spiro atoms. The van der Waals surface area contributed by atoms with E-state index in [-0.39, 0.29) is 36.5 Å². The third-order valence-corrected chi connectivity index (χ3v) is 1.80. The molecular formula is C9H13Cl2FN2. The van der Waals surface area contributed by atoms with Gasteiger partial charge in [0.1, 0.15) is 5.82 Å². The van der Waals surface area contributed by atoms with Gasteiger partial charge in [-0.2, -0.15) is 0 Å². The smallest absolute Gasteiger partial charge is 0.141 e. The van der Waals surface area contributed by atoms with Gasteiger partial charge in [-0.1, -0.05) is 6.92 Å². The summed E-state index contributed by atoms with van der Waals surface area (Å²) in [5, 5.41) is 7.09. The highest BCUT2D eigenvalue weighted by molar-refractivity contribution is 5.85. The number of nitrogens with one attached hydrogen (secondary N) is 1. The molecular weight excluding hydrogens is 226 g/mol. The Morgan fingerprint density at radius 1 is 1.50 bits per heavy atom. The Hall–Kier alpha value is -0.670. The zero-order chi connectivity index (χ0) is 8.97. The Morgan fingerprint density at radius 2 is 2.14 bits per heavy atom. The maximum atomic E-state index is 12.7. The predicted octanol–water partition coefficient (Wildman–Crippen LogP) is 3.21. The van der Waals surface area contributed by atoms with E-state index in [4.69, 9.17) is 5.41 Å². The number of nitrogens with zero attached hydrogens (tertiary/aromatic N) is 1. The van der Waals surface area contributed by atoms with Crippen LogP contribution in [0.2, 0.25) is 0 Å². The van der Waals surface area contributed by atoms with Crippen LogP contribution in [0, 0.1) is 11.2 Å². The van der Waals surface area contributed by atoms with Crippen molar-refractivity contribution in [2.24, 2.45) is 0 Å². The second-order valence-corrected chi connectivity index (χ2v) is 2.62. The van der Waals surface area contributed by atoms with E-state index in [2.05, 4.69) is 4.98 Å². The van der Waals surface area contributed by atoms with Crippen molar-refractivity contribution in [3.63, 3.8) is 0 Å². The van der Waals surface area contributed by atoms with Gasteiger partial charge in [-0.05, 0) is 18.1 Å². The molecule has 2 nitrogen and oxygen atoms in total. The van der Waals surface area contributed by atoms with Crippen LogP contribution in [0.4, 0.5) is 4.39 Å². The Morgan fingerprint density at radius 3 is 2.57 bits per heavy atom. The average molecular weight is 239 g/mol. The maximum absolute atomic E-state index is 12.7. The number of rotatable bonds is 3. The van der Waals surface area contributed by atoms with Crippen molar-refractivity contribution in [3.8, 4) is 0 Å². The monoisotopic (exact) mass is 238 g/mol. The van der Waals surface area contributed by atoms with E-state index in [1.54, 1.807) is 6.20 Å². The van der Waals surface area contributed by atoms with Gasteiger partial charge in [0.2, 0.25) is 0 Å². The number of hydrogen-bond donors (Lipinski definition) is 1. The van der Waals surface area contributed by atoms with Crippen LogP contribution in [-0.4, -0.2) is 11.2 Å². The fraction of sp³-hybridized carbons (Fsp3) is 0.333. The predicted molar refractivity (Wildman–Crippen MR) is 60.5 cm³/mol. The topological polar surface area (TPSA) is 36.7 Å². The van der Waals surface area contributed by atoms with Gasteiger partial charge in [0.25, 0.3) is 0 Å². The molecule has 14 heavy (non-hydrogen) atoms. The summed E-state index contributed by atoms with van der Waals surface area (Å²) in [6.45, 7) is 1.96. The summed E-state index contributed by atoms with van der Waals surface area (Å²) in [4.78, 5) is 3.72. The van der Waals surface area contributed by atoms with Crippen LogP contribution < -0.4 is 0 Å². The summed E-state index contributed by atoms with van der Waals surface area (Å²) < 4.78 is 12.7. The number of halogens is 3. The highest BCUT2D eigenvalue weighted by Gasteiger charge is 2.06. The Kier molecular flexibility index (Phi) is 8.69. The van der Waals surface area contributed by atoms with E-state index >= 15 is 0 Å². The molecule has 1 N–H and O–H groups in total. The molecule has 0 amide bonds. The molecule has 0 radical (unpaired) electrons. The van der Waals surface area contributed by atoms with E-state index < -0.39 is 0 Å². The minimum atomic E-state index is -0.340. The van der Waals surface area contributed by atoms with Gasteiger partial charge in [-0.25, -0.2) is 4.39 Å². The van der Waals surface area contributed by atoms with Gasteiger partial charge in [-0.15, -0.1) is 24.8 Å². The van der Waals surface area contributed by atoms with Crippen molar-refractivity contribution < 1.29 is 4.39 Å². The minimum Gasteiger partial charge on any atom is -0.312 e. The molecule has 0 fully saturated rings. The summed E-state index contributed by atoms with van der Waals surface area (Å²) in [6.07, 6.45) is 4.88. The first kappa shape index (κ1) is 15.8. The molecule has 0 unspecified atom stereocenters. The summed E-state index contributed by atoms with van der Waals surface area (Å²) in [5.74, 6) is -0.346. The second kappa shape index (κ2) is 7.71. The van der Waals surface area contributed by atoms with Crippen LogP contribution in [0.1, 0.15) is 24.8 Å². The molecule has 0 saturated carbocycles. The molecule has 1 aromatic rings. The summed E-state index contributed by atoms with van der Waals surface area (Å²) in [7, 11) is 0. The largest absolute Gasteiger partial charge is 0.312 e. The molecule has 0 aliphatic heterocycles. The van der Waals surface area contributed by atoms with Gasteiger partial charge < -0.3 is 5.41 Å². The molecule has 0 aliphatic carbocycles. The molecule has 1 heterocycles. The highest BCUT2D eigenvalue weighted by Crippen LogP contribution is 2.16. The van der Waals surface area contributed by atoms with Gasteiger partial charge in [0, 0.05) is 18.3 Å². The zero-order valence-corrected chi connectivity index (χ0v) is 9.37. The summed E-state index contributed by atoms with van der Waals surface area (Å²) >= 11 is 0. The lowest BCUT2D eigenvalue weighted by Crippen LogP contribution is -1.99. The van der Waals surface area contributed by atoms with Crippen molar-refractivity contribution in [3.05, 3.63) is 29.8 Å². The van der Waals surface area contributed by atoms with Gasteiger partial charge in [0.15, 0.2) is 0 Å². The van der Waals surface area contributed by atoms with Gasteiger partial charge >= 0.3 is 0 Å². The molecule has 0 saturated heterocycles. The number of hydrogen-bond acceptors (Lipinski definition) is 2. The van der Waals surface area contributed by atoms with Crippen molar-refractivity contribution in [1.82, 2.24) is 4.98 Å². The van der Waals surface area contributed by atoms with E-state index in [9.17, 15) is 4.39 Å². The molecule has 1 aromatic heterocycles. The SMILES string of the molecule is CC[C@@H](C=N)c1cncc(F)c1.Cl.Cl. The van der Waals surface area contributed by atoms with E-state index in [0.29, 0.717) is 0 Å². The first-order valence-corrected chi connectivity index (χ1v) is 3.89. The second-order valence-electron chi connectivity index (χ2n) is 2.62. The molecule has 1 rings (SSSR count). The first-order chi connectivity index (χ1) is 5.77. The molecule has 0 aromatic carbocycles. The lowest BCUT2D eigenvalue weighted by atomic mass is 10.00. The van der Waals surface area contributed by atoms with Crippen molar-refractivity contribution >= 4 is 31.0 Å². The van der Waals surface area contributed by atoms with Crippen molar-refractivity contribution in [1.29, 1.82) is 5.41 Å². The molecule has 80 valence electrons. The van der Waals surface area contributed by atoms with Crippen LogP contribution in [-0.2, 0) is 0 Å². The van der Waals surface area contributed by atoms with Crippen LogP contribution >= 0.6 is 24.8 Å². The van der Waals surface area contributed by atoms with Crippen LogP contribution in [0.25, 0.3) is 0 Å². The third-order valence-electron chi connectivity index (χ3n) is 1.80. The standard InChI is InChI=1S/C9H11FN2.2ClH/c1-2-7(4-11)8-3-9(10)6-12-5-8;;/h3-7,11H,2H2,1H3;2*1H/t7-;;/m0../s1. The quantitative estimate of drug-likeness (QED) is 0.808. The maximum Gasteiger partial charge on any atom is 0.141 e. The Balaban J connectivity index is 0. The zero-order valence-electron chi connectivity index (χ0n) is 7.74. The Bertz CT molecular complexity index is 281. The molecule has 1 atom stereocenters. The fourth-order valence-corrected chi connectivity index (χ4v) is 1.08. The average Bonchev–Trinajstić information content (AvgIpc) is 2.07. The summed E-state index contributed by atoms with van der Waals surface area (Å²) in [5.41, 5.74) is 0.771. The van der Waals surface area contributed by atoms with Crippen LogP contribution in [0.5, 0.6) is 0 Å². The molecule has 0 aliphatic rings. The van der Waals surface area contributed by atoms with E-state index in [1.165, 1.54) is 18.5 Å². The molecule has 5 heteroatoms. The summed E-state index contributed by atoms with van der Waals surface area (Å²) in [6, 6.07) is 1.42. The van der Waals surface area contributed by atoms with Crippen LogP contribution in [0.3, 0.4) is 0 Å². The van der Waals surface area contributed by atoms with E-state index in [0.717, 1.165) is 12.0 Å². The Labute approximate surface area is 95.3 Å². The van der Waals surface area contributed by atoms with Gasteiger partial charge in [0.05, 0.1) is 6.20 Å². The molecule has 0 bridgehead atoms. The third kappa shape index (κ3) is 4.03. The first-order valence-electron chi connectivity index (χ1n) is 3.89.